The summed E-state index contributed by atoms with van der Waals surface area (Å²) < 4.78 is 10.5. The van der Waals surface area contributed by atoms with Gasteiger partial charge in [0.2, 0.25) is 0 Å². The lowest BCUT2D eigenvalue weighted by atomic mass is 10.1. The Morgan fingerprint density at radius 3 is 2.41 bits per heavy atom. The molecule has 0 spiro atoms. The normalized spacial score (nSPS) is 12.0. The number of ether oxygens (including phenoxy) is 2. The number of nitrogens with zero attached hydrogens (tertiary/aromatic N) is 1. The van der Waals surface area contributed by atoms with Gasteiger partial charge in [0.05, 0.1) is 17.6 Å². The van der Waals surface area contributed by atoms with E-state index in [9.17, 15) is 14.4 Å². The van der Waals surface area contributed by atoms with Crippen LogP contribution in [0.3, 0.4) is 0 Å². The van der Waals surface area contributed by atoms with Crippen LogP contribution in [0.2, 0.25) is 0 Å². The van der Waals surface area contributed by atoms with Gasteiger partial charge in [0, 0.05) is 0 Å². The van der Waals surface area contributed by atoms with Crippen molar-refractivity contribution in [1.82, 2.24) is 9.97 Å². The van der Waals surface area contributed by atoms with E-state index in [0.717, 1.165) is 22.5 Å². The highest BCUT2D eigenvalue weighted by Gasteiger charge is 2.22. The number of hydrogen-bond donors (Lipinski definition) is 1. The van der Waals surface area contributed by atoms with Crippen molar-refractivity contribution in [3.8, 4) is 0 Å². The highest BCUT2D eigenvalue weighted by Crippen LogP contribution is 2.28. The van der Waals surface area contributed by atoms with Crippen molar-refractivity contribution in [2.75, 3.05) is 6.61 Å². The molecule has 8 heteroatoms. The van der Waals surface area contributed by atoms with E-state index in [2.05, 4.69) is 9.97 Å². The van der Waals surface area contributed by atoms with E-state index in [1.165, 1.54) is 0 Å². The zero-order valence-electron chi connectivity index (χ0n) is 16.9. The third-order valence-corrected chi connectivity index (χ3v) is 5.57. The maximum atomic E-state index is 12.6. The average molecular weight is 414 g/mol. The second-order valence-corrected chi connectivity index (χ2v) is 7.83. The Morgan fingerprint density at radius 1 is 1.14 bits per heavy atom. The molecule has 0 amide bonds. The van der Waals surface area contributed by atoms with Crippen LogP contribution in [0.4, 0.5) is 0 Å². The van der Waals surface area contributed by atoms with Gasteiger partial charge >= 0.3 is 11.9 Å². The molecule has 0 aliphatic carbocycles. The number of aromatic amines is 1. The summed E-state index contributed by atoms with van der Waals surface area (Å²) in [7, 11) is 0. The molecule has 0 saturated carbocycles. The molecule has 2 aromatic heterocycles. The number of thiophene rings is 1. The van der Waals surface area contributed by atoms with Crippen molar-refractivity contribution >= 4 is 33.5 Å². The summed E-state index contributed by atoms with van der Waals surface area (Å²) in [5, 5.41) is 0.342. The predicted molar refractivity (Wildman–Crippen MR) is 111 cm³/mol. The van der Waals surface area contributed by atoms with E-state index in [1.54, 1.807) is 32.9 Å². The Bertz CT molecular complexity index is 1140. The molecule has 1 N–H and O–H groups in total. The number of hydrogen-bond acceptors (Lipinski definition) is 7. The molecule has 0 bridgehead atoms. The summed E-state index contributed by atoms with van der Waals surface area (Å²) in [6, 6.07) is 5.46. The number of carbonyl (C=O) groups excluding carboxylic acids is 2. The fraction of sp³-hybridized carbons (Fsp3) is 0.333. The Hall–Kier alpha value is -3.00. The highest BCUT2D eigenvalue weighted by atomic mass is 32.1. The van der Waals surface area contributed by atoms with Crippen LogP contribution in [0.5, 0.6) is 0 Å². The number of H-pyrrole nitrogens is 1. The molecule has 3 rings (SSSR count). The predicted octanol–water partition coefficient (Wildman–Crippen LogP) is 4.00. The van der Waals surface area contributed by atoms with Crippen molar-refractivity contribution in [1.29, 1.82) is 0 Å². The van der Waals surface area contributed by atoms with Crippen LogP contribution in [0.15, 0.2) is 23.0 Å². The summed E-state index contributed by atoms with van der Waals surface area (Å²) in [5.74, 6) is -0.762. The fourth-order valence-electron chi connectivity index (χ4n) is 3.12. The summed E-state index contributed by atoms with van der Waals surface area (Å²) in [5.41, 5.74) is 2.50. The number of rotatable bonds is 5. The molecule has 152 valence electrons. The first-order valence-electron chi connectivity index (χ1n) is 9.21. The maximum Gasteiger partial charge on any atom is 0.348 e. The van der Waals surface area contributed by atoms with Crippen LogP contribution in [0.25, 0.3) is 10.2 Å². The molecule has 2 heterocycles. The van der Waals surface area contributed by atoms with Crippen LogP contribution in [0.1, 0.15) is 62.5 Å². The number of esters is 2. The third-order valence-electron chi connectivity index (χ3n) is 4.41. The van der Waals surface area contributed by atoms with E-state index in [-0.39, 0.29) is 18.0 Å². The van der Waals surface area contributed by atoms with Gasteiger partial charge in [-0.05, 0) is 52.3 Å². The fourth-order valence-corrected chi connectivity index (χ4v) is 4.20. The van der Waals surface area contributed by atoms with Crippen LogP contribution in [0, 0.1) is 20.8 Å². The first-order chi connectivity index (χ1) is 13.7. The van der Waals surface area contributed by atoms with Gasteiger partial charge < -0.3 is 14.5 Å². The quantitative estimate of drug-likeness (QED) is 0.634. The monoisotopic (exact) mass is 414 g/mol. The van der Waals surface area contributed by atoms with Gasteiger partial charge in [0.15, 0.2) is 11.9 Å². The molecule has 29 heavy (non-hydrogen) atoms. The van der Waals surface area contributed by atoms with Crippen molar-refractivity contribution in [3.63, 3.8) is 0 Å². The number of carbonyl (C=O) groups is 2. The first kappa shape index (κ1) is 20.7. The average Bonchev–Trinajstić information content (AvgIpc) is 2.98. The van der Waals surface area contributed by atoms with Gasteiger partial charge in [-0.3, -0.25) is 4.79 Å². The van der Waals surface area contributed by atoms with E-state index in [4.69, 9.17) is 9.47 Å². The molecule has 7 nitrogen and oxygen atoms in total. The molecule has 1 atom stereocenters. The first-order valence-corrected chi connectivity index (χ1v) is 10.0. The zero-order chi connectivity index (χ0) is 21.3. The zero-order valence-corrected chi connectivity index (χ0v) is 17.7. The van der Waals surface area contributed by atoms with Crippen molar-refractivity contribution in [2.45, 2.75) is 40.7 Å². The molecule has 0 radical (unpaired) electrons. The lowest BCUT2D eigenvalue weighted by Crippen LogP contribution is -2.17. The second-order valence-electron chi connectivity index (χ2n) is 6.83. The highest BCUT2D eigenvalue weighted by molar-refractivity contribution is 7.20. The Morgan fingerprint density at radius 2 is 1.79 bits per heavy atom. The minimum absolute atomic E-state index is 0.219. The molecular formula is C21H22N2O5S. The van der Waals surface area contributed by atoms with E-state index in [0.29, 0.717) is 26.2 Å². The molecular weight excluding hydrogens is 392 g/mol. The summed E-state index contributed by atoms with van der Waals surface area (Å²) in [4.78, 5) is 45.0. The molecule has 3 aromatic rings. The van der Waals surface area contributed by atoms with Gasteiger partial charge in [-0.2, -0.15) is 0 Å². The summed E-state index contributed by atoms with van der Waals surface area (Å²) in [6.07, 6.45) is -0.770. The van der Waals surface area contributed by atoms with Gasteiger partial charge in [0.25, 0.3) is 5.56 Å². The standard InChI is InChI=1S/C21H22N2O5S/c1-6-27-21(26)16-12(4)15-18(24)22-17(23-19(15)29-16)13(5)28-20(25)14-8-10(2)7-11(3)9-14/h7-9,13H,6H2,1-5H3,(H,22,23,24)/t13-/m0/s1. The molecule has 0 unspecified atom stereocenters. The molecule has 0 fully saturated rings. The van der Waals surface area contributed by atoms with Crippen molar-refractivity contribution in [2.24, 2.45) is 0 Å². The van der Waals surface area contributed by atoms with Gasteiger partial charge in [-0.15, -0.1) is 11.3 Å². The lowest BCUT2D eigenvalue weighted by molar-refractivity contribution is 0.0319. The van der Waals surface area contributed by atoms with Gasteiger partial charge in [-0.25, -0.2) is 14.6 Å². The molecule has 0 saturated heterocycles. The van der Waals surface area contributed by atoms with Gasteiger partial charge in [0.1, 0.15) is 9.71 Å². The van der Waals surface area contributed by atoms with Crippen LogP contribution < -0.4 is 5.56 Å². The van der Waals surface area contributed by atoms with Crippen LogP contribution >= 0.6 is 11.3 Å². The van der Waals surface area contributed by atoms with Crippen LogP contribution in [-0.2, 0) is 9.47 Å². The Labute approximate surface area is 171 Å². The molecule has 0 aliphatic heterocycles. The van der Waals surface area contributed by atoms with E-state index >= 15 is 0 Å². The van der Waals surface area contributed by atoms with E-state index < -0.39 is 18.0 Å². The largest absolute Gasteiger partial charge is 0.462 e. The van der Waals surface area contributed by atoms with E-state index in [1.807, 2.05) is 19.9 Å². The second kappa shape index (κ2) is 8.16. The minimum Gasteiger partial charge on any atom is -0.462 e. The topological polar surface area (TPSA) is 98.3 Å². The molecule has 0 aliphatic rings. The maximum absolute atomic E-state index is 12.6. The number of benzene rings is 1. The summed E-state index contributed by atoms with van der Waals surface area (Å²) >= 11 is 1.09. The SMILES string of the molecule is CCOC(=O)c1sc2nc([C@H](C)OC(=O)c3cc(C)cc(C)c3)[nH]c(=O)c2c1C. The molecule has 1 aromatic carbocycles. The number of aromatic nitrogens is 2. The lowest BCUT2D eigenvalue weighted by Gasteiger charge is -2.13. The third kappa shape index (κ3) is 4.22. The number of aryl methyl sites for hydroxylation is 3. The van der Waals surface area contributed by atoms with Crippen molar-refractivity contribution < 1.29 is 19.1 Å². The Kier molecular flexibility index (Phi) is 5.83. The summed E-state index contributed by atoms with van der Waals surface area (Å²) in [6.45, 7) is 9.09. The number of fused-ring (bicyclic) bond motifs is 1. The van der Waals surface area contributed by atoms with Crippen LogP contribution in [-0.4, -0.2) is 28.5 Å². The minimum atomic E-state index is -0.770. The van der Waals surface area contributed by atoms with Crippen molar-refractivity contribution in [3.05, 3.63) is 61.5 Å². The smallest absolute Gasteiger partial charge is 0.348 e. The Balaban J connectivity index is 1.92. The number of nitrogens with one attached hydrogen (secondary N) is 1. The van der Waals surface area contributed by atoms with Gasteiger partial charge in [-0.1, -0.05) is 17.2 Å².